The van der Waals surface area contributed by atoms with Crippen LogP contribution in [0.2, 0.25) is 0 Å². The molecule has 1 N–H and O–H groups in total. The molecule has 0 aromatic heterocycles. The Bertz CT molecular complexity index is 738. The molecule has 0 saturated heterocycles. The van der Waals surface area contributed by atoms with E-state index in [-0.39, 0.29) is 11.8 Å². The Hall–Kier alpha value is -2.01. The highest BCUT2D eigenvalue weighted by molar-refractivity contribution is 7.91. The lowest BCUT2D eigenvalue weighted by Crippen LogP contribution is -2.12. The molecule has 1 aliphatic heterocycles. The van der Waals surface area contributed by atoms with Gasteiger partial charge in [-0.1, -0.05) is 25.1 Å². The Morgan fingerprint density at radius 2 is 1.86 bits per heavy atom. The molecule has 1 unspecified atom stereocenters. The van der Waals surface area contributed by atoms with Crippen LogP contribution in [0.4, 0.5) is 5.69 Å². The van der Waals surface area contributed by atoms with E-state index in [4.69, 9.17) is 4.74 Å². The van der Waals surface area contributed by atoms with Crippen LogP contribution in [0.15, 0.2) is 53.4 Å². The van der Waals surface area contributed by atoms with Gasteiger partial charge in [-0.05, 0) is 30.3 Å². The van der Waals surface area contributed by atoms with E-state index in [1.165, 1.54) is 0 Å². The summed E-state index contributed by atoms with van der Waals surface area (Å²) in [5, 5.41) is 3.37. The molecule has 3 rings (SSSR count). The van der Waals surface area contributed by atoms with Gasteiger partial charge >= 0.3 is 0 Å². The zero-order valence-electron chi connectivity index (χ0n) is 11.7. The maximum atomic E-state index is 11.8. The molecular weight excluding hydrogens is 286 g/mol. The topological polar surface area (TPSA) is 55.4 Å². The van der Waals surface area contributed by atoms with Gasteiger partial charge in [0.2, 0.25) is 0 Å². The number of sulfone groups is 1. The fourth-order valence-corrected chi connectivity index (χ4v) is 3.29. The van der Waals surface area contributed by atoms with E-state index in [1.807, 2.05) is 24.3 Å². The van der Waals surface area contributed by atoms with E-state index in [0.29, 0.717) is 11.5 Å². The molecule has 0 amide bonds. The van der Waals surface area contributed by atoms with E-state index >= 15 is 0 Å². The predicted molar refractivity (Wildman–Crippen MR) is 82.5 cm³/mol. The molecule has 1 heterocycles. The predicted octanol–water partition coefficient (Wildman–Crippen LogP) is 3.03. The van der Waals surface area contributed by atoms with Gasteiger partial charge < -0.3 is 10.1 Å². The molecule has 1 atom stereocenters. The van der Waals surface area contributed by atoms with E-state index in [9.17, 15) is 8.42 Å². The first-order valence-electron chi connectivity index (χ1n) is 6.91. The normalized spacial score (nSPS) is 17.1. The van der Waals surface area contributed by atoms with Crippen LogP contribution in [0.1, 0.15) is 18.5 Å². The molecule has 21 heavy (non-hydrogen) atoms. The van der Waals surface area contributed by atoms with E-state index < -0.39 is 9.84 Å². The summed E-state index contributed by atoms with van der Waals surface area (Å²) < 4.78 is 29.2. The van der Waals surface area contributed by atoms with Crippen LogP contribution in [-0.2, 0) is 9.84 Å². The lowest BCUT2D eigenvalue weighted by Gasteiger charge is -2.13. The molecule has 0 aliphatic carbocycles. The van der Waals surface area contributed by atoms with Gasteiger partial charge in [0.25, 0.3) is 0 Å². The summed E-state index contributed by atoms with van der Waals surface area (Å²) in [6.07, 6.45) is 0. The van der Waals surface area contributed by atoms with Crippen molar-refractivity contribution in [2.75, 3.05) is 17.7 Å². The van der Waals surface area contributed by atoms with Crippen molar-refractivity contribution in [3.05, 3.63) is 54.1 Å². The zero-order valence-corrected chi connectivity index (χ0v) is 12.6. The van der Waals surface area contributed by atoms with Gasteiger partial charge in [0.1, 0.15) is 12.4 Å². The zero-order chi connectivity index (χ0) is 14.9. The Morgan fingerprint density at radius 1 is 1.14 bits per heavy atom. The van der Waals surface area contributed by atoms with Crippen molar-refractivity contribution in [3.8, 4) is 5.75 Å². The van der Waals surface area contributed by atoms with E-state index in [1.54, 1.807) is 31.2 Å². The van der Waals surface area contributed by atoms with Crippen LogP contribution >= 0.6 is 0 Å². The molecule has 0 saturated carbocycles. The molecule has 0 bridgehead atoms. The standard InChI is InChI=1S/C16H17NO3S/c1-2-21(18,19)13-9-7-12(8-10-13)17-15-11-20-16-6-4-3-5-14(15)16/h3-10,15,17H,2,11H2,1H3. The summed E-state index contributed by atoms with van der Waals surface area (Å²) >= 11 is 0. The van der Waals surface area contributed by atoms with Crippen LogP contribution in [0.25, 0.3) is 0 Å². The van der Waals surface area contributed by atoms with Gasteiger partial charge in [0.15, 0.2) is 9.84 Å². The minimum Gasteiger partial charge on any atom is -0.491 e. The SMILES string of the molecule is CCS(=O)(=O)c1ccc(NC2COc3ccccc32)cc1. The van der Waals surface area contributed by atoms with Gasteiger partial charge in [-0.25, -0.2) is 8.42 Å². The average Bonchev–Trinajstić information content (AvgIpc) is 2.91. The number of fused-ring (bicyclic) bond motifs is 1. The van der Waals surface area contributed by atoms with Crippen molar-refractivity contribution in [2.45, 2.75) is 17.9 Å². The van der Waals surface area contributed by atoms with Gasteiger partial charge in [0, 0.05) is 11.3 Å². The lowest BCUT2D eigenvalue weighted by atomic mass is 10.1. The number of ether oxygens (including phenoxy) is 1. The number of anilines is 1. The first kappa shape index (κ1) is 13.9. The highest BCUT2D eigenvalue weighted by Crippen LogP contribution is 2.34. The van der Waals surface area contributed by atoms with Crippen LogP contribution < -0.4 is 10.1 Å². The Kier molecular flexibility index (Phi) is 3.59. The van der Waals surface area contributed by atoms with Crippen LogP contribution in [0.5, 0.6) is 5.75 Å². The number of para-hydroxylation sites is 1. The van der Waals surface area contributed by atoms with E-state index in [0.717, 1.165) is 17.0 Å². The molecule has 2 aromatic carbocycles. The van der Waals surface area contributed by atoms with Crippen molar-refractivity contribution in [1.82, 2.24) is 0 Å². The highest BCUT2D eigenvalue weighted by atomic mass is 32.2. The van der Waals surface area contributed by atoms with Crippen LogP contribution in [0, 0.1) is 0 Å². The van der Waals surface area contributed by atoms with Gasteiger partial charge in [0.05, 0.1) is 16.7 Å². The summed E-state index contributed by atoms with van der Waals surface area (Å²) in [6.45, 7) is 2.22. The van der Waals surface area contributed by atoms with Crippen molar-refractivity contribution >= 4 is 15.5 Å². The summed E-state index contributed by atoms with van der Waals surface area (Å²) in [4.78, 5) is 0.360. The largest absolute Gasteiger partial charge is 0.491 e. The second kappa shape index (κ2) is 5.41. The van der Waals surface area contributed by atoms with Gasteiger partial charge in [-0.15, -0.1) is 0 Å². The van der Waals surface area contributed by atoms with Crippen LogP contribution in [0.3, 0.4) is 0 Å². The number of nitrogens with one attached hydrogen (secondary N) is 1. The first-order chi connectivity index (χ1) is 10.1. The third kappa shape index (κ3) is 2.74. The maximum Gasteiger partial charge on any atom is 0.178 e. The Labute approximate surface area is 124 Å². The molecule has 0 spiro atoms. The number of benzene rings is 2. The van der Waals surface area contributed by atoms with Gasteiger partial charge in [-0.2, -0.15) is 0 Å². The lowest BCUT2D eigenvalue weighted by molar-refractivity contribution is 0.340. The minimum absolute atomic E-state index is 0.0924. The molecule has 4 nitrogen and oxygen atoms in total. The summed E-state index contributed by atoms with van der Waals surface area (Å²) in [5.41, 5.74) is 2.01. The first-order valence-corrected chi connectivity index (χ1v) is 8.56. The Balaban J connectivity index is 1.78. The second-order valence-corrected chi connectivity index (χ2v) is 7.25. The molecular formula is C16H17NO3S. The van der Waals surface area contributed by atoms with Gasteiger partial charge in [-0.3, -0.25) is 0 Å². The minimum atomic E-state index is -3.14. The van der Waals surface area contributed by atoms with Crippen molar-refractivity contribution in [2.24, 2.45) is 0 Å². The highest BCUT2D eigenvalue weighted by Gasteiger charge is 2.23. The molecule has 0 fully saturated rings. The molecule has 0 radical (unpaired) electrons. The summed E-state index contributed by atoms with van der Waals surface area (Å²) in [5.74, 6) is 1.02. The summed E-state index contributed by atoms with van der Waals surface area (Å²) in [7, 11) is -3.14. The molecule has 5 heteroatoms. The third-order valence-corrected chi connectivity index (χ3v) is 5.38. The molecule has 2 aromatic rings. The third-order valence-electron chi connectivity index (χ3n) is 3.63. The maximum absolute atomic E-state index is 11.8. The molecule has 1 aliphatic rings. The quantitative estimate of drug-likeness (QED) is 0.943. The Morgan fingerprint density at radius 3 is 2.57 bits per heavy atom. The summed E-state index contributed by atoms with van der Waals surface area (Å²) in [6, 6.07) is 14.9. The fraction of sp³-hybridized carbons (Fsp3) is 0.250. The van der Waals surface area contributed by atoms with Crippen LogP contribution in [-0.4, -0.2) is 20.8 Å². The van der Waals surface area contributed by atoms with Crippen molar-refractivity contribution in [1.29, 1.82) is 0 Å². The smallest absolute Gasteiger partial charge is 0.178 e. The second-order valence-electron chi connectivity index (χ2n) is 4.97. The average molecular weight is 303 g/mol. The fourth-order valence-electron chi connectivity index (χ4n) is 2.41. The molecule has 110 valence electrons. The van der Waals surface area contributed by atoms with E-state index in [2.05, 4.69) is 5.32 Å². The van der Waals surface area contributed by atoms with Crippen molar-refractivity contribution < 1.29 is 13.2 Å². The van der Waals surface area contributed by atoms with Crippen molar-refractivity contribution in [3.63, 3.8) is 0 Å². The monoisotopic (exact) mass is 303 g/mol. The number of hydrogen-bond acceptors (Lipinski definition) is 4. The number of hydrogen-bond donors (Lipinski definition) is 1. The number of rotatable bonds is 4.